The standard InChI is InChI=1S/C6H11N3O8S/c7-9-8-3(1-10)5(12)6(13)4(11)2-17-18(14,15)16/h1,3-6,11-13H,2H2,(H,14,15,16)/t3-,4+,5+,6+/m0/s1. The van der Waals surface area contributed by atoms with Crippen molar-refractivity contribution in [2.24, 2.45) is 5.11 Å². The Morgan fingerprint density at radius 3 is 2.28 bits per heavy atom. The molecule has 0 aliphatic heterocycles. The summed E-state index contributed by atoms with van der Waals surface area (Å²) >= 11 is 0. The molecule has 0 amide bonds. The molecule has 0 spiro atoms. The van der Waals surface area contributed by atoms with Crippen molar-refractivity contribution in [3.05, 3.63) is 10.4 Å². The maximum Gasteiger partial charge on any atom is 0.397 e. The van der Waals surface area contributed by atoms with Gasteiger partial charge in [0.1, 0.15) is 24.5 Å². The maximum atomic E-state index is 10.4. The molecule has 0 radical (unpaired) electrons. The Labute approximate surface area is 101 Å². The van der Waals surface area contributed by atoms with Gasteiger partial charge in [-0.2, -0.15) is 8.42 Å². The molecule has 0 aromatic carbocycles. The van der Waals surface area contributed by atoms with E-state index in [4.69, 9.17) is 10.1 Å². The van der Waals surface area contributed by atoms with Crippen LogP contribution in [0.4, 0.5) is 0 Å². The number of rotatable bonds is 8. The van der Waals surface area contributed by atoms with E-state index in [2.05, 4.69) is 14.2 Å². The highest BCUT2D eigenvalue weighted by atomic mass is 32.3. The van der Waals surface area contributed by atoms with Gasteiger partial charge < -0.3 is 20.1 Å². The van der Waals surface area contributed by atoms with Crippen LogP contribution < -0.4 is 0 Å². The molecule has 0 rings (SSSR count). The molecule has 0 aliphatic rings. The Bertz CT molecular complexity index is 419. The van der Waals surface area contributed by atoms with E-state index in [0.717, 1.165) is 0 Å². The predicted molar refractivity (Wildman–Crippen MR) is 54.5 cm³/mol. The van der Waals surface area contributed by atoms with Crippen LogP contribution in [-0.4, -0.2) is 65.5 Å². The average molecular weight is 285 g/mol. The minimum Gasteiger partial charge on any atom is -0.389 e. The van der Waals surface area contributed by atoms with Crippen LogP contribution in [-0.2, 0) is 19.4 Å². The van der Waals surface area contributed by atoms with Crippen LogP contribution in [0.5, 0.6) is 0 Å². The lowest BCUT2D eigenvalue weighted by Gasteiger charge is -2.23. The van der Waals surface area contributed by atoms with E-state index >= 15 is 0 Å². The SMILES string of the molecule is [N-]=[N+]=N[C@@H](C=O)[C@@H](O)[C@H](O)[C@H](O)COS(=O)(=O)O. The van der Waals surface area contributed by atoms with Crippen molar-refractivity contribution in [1.29, 1.82) is 0 Å². The fourth-order valence-electron chi connectivity index (χ4n) is 0.920. The number of carbonyl (C=O) groups is 1. The zero-order valence-corrected chi connectivity index (χ0v) is 9.58. The number of hydrogen-bond donors (Lipinski definition) is 4. The Kier molecular flexibility index (Phi) is 6.72. The summed E-state index contributed by atoms with van der Waals surface area (Å²) in [7, 11) is -4.82. The molecule has 4 atom stereocenters. The lowest BCUT2D eigenvalue weighted by Crippen LogP contribution is -2.46. The molecule has 104 valence electrons. The number of azide groups is 1. The summed E-state index contributed by atoms with van der Waals surface area (Å²) in [6.07, 6.45) is -5.88. The second-order valence-electron chi connectivity index (χ2n) is 3.09. The number of nitrogens with zero attached hydrogens (tertiary/aromatic N) is 3. The summed E-state index contributed by atoms with van der Waals surface area (Å²) in [6.45, 7) is -1.06. The first-order valence-corrected chi connectivity index (χ1v) is 5.75. The van der Waals surface area contributed by atoms with Crippen molar-refractivity contribution in [1.82, 2.24) is 0 Å². The molecule has 0 fully saturated rings. The fraction of sp³-hybridized carbons (Fsp3) is 0.833. The van der Waals surface area contributed by atoms with Gasteiger partial charge in [0.2, 0.25) is 0 Å². The summed E-state index contributed by atoms with van der Waals surface area (Å²) in [5, 5.41) is 30.7. The number of aldehydes is 1. The summed E-state index contributed by atoms with van der Waals surface area (Å²) in [5.41, 5.74) is 8.05. The third-order valence-corrected chi connectivity index (χ3v) is 2.24. The lowest BCUT2D eigenvalue weighted by molar-refractivity contribution is -0.117. The van der Waals surface area contributed by atoms with E-state index < -0.39 is 41.4 Å². The normalized spacial score (nSPS) is 18.2. The molecule has 11 nitrogen and oxygen atoms in total. The Hall–Kier alpha value is -1.27. The highest BCUT2D eigenvalue weighted by molar-refractivity contribution is 7.80. The van der Waals surface area contributed by atoms with Crippen molar-refractivity contribution in [2.45, 2.75) is 24.4 Å². The van der Waals surface area contributed by atoms with E-state index in [0.29, 0.717) is 0 Å². The first kappa shape index (κ1) is 16.7. The summed E-state index contributed by atoms with van der Waals surface area (Å²) in [4.78, 5) is 12.6. The molecule has 0 aromatic heterocycles. The molecule has 0 bridgehead atoms. The van der Waals surface area contributed by atoms with Gasteiger partial charge in [0.05, 0.1) is 12.7 Å². The Morgan fingerprint density at radius 1 is 1.33 bits per heavy atom. The largest absolute Gasteiger partial charge is 0.397 e. The summed E-state index contributed by atoms with van der Waals surface area (Å²) in [5.74, 6) is 0. The van der Waals surface area contributed by atoms with E-state index in [1.54, 1.807) is 0 Å². The molecule has 0 aliphatic carbocycles. The first-order chi connectivity index (χ1) is 8.22. The monoisotopic (exact) mass is 285 g/mol. The molecule has 0 saturated heterocycles. The average Bonchev–Trinajstić information content (AvgIpc) is 2.30. The van der Waals surface area contributed by atoms with Gasteiger partial charge in [0.25, 0.3) is 0 Å². The molecule has 18 heavy (non-hydrogen) atoms. The zero-order chi connectivity index (χ0) is 14.3. The van der Waals surface area contributed by atoms with Crippen LogP contribution in [0.15, 0.2) is 5.11 Å². The van der Waals surface area contributed by atoms with Gasteiger partial charge in [-0.15, -0.1) is 0 Å². The fourth-order valence-corrected chi connectivity index (χ4v) is 1.23. The second kappa shape index (κ2) is 7.23. The van der Waals surface area contributed by atoms with Crippen LogP contribution >= 0.6 is 0 Å². The Balaban J connectivity index is 4.57. The van der Waals surface area contributed by atoms with Crippen molar-refractivity contribution in [3.8, 4) is 0 Å². The summed E-state index contributed by atoms with van der Waals surface area (Å²) < 4.78 is 32.3. The second-order valence-corrected chi connectivity index (χ2v) is 4.18. The van der Waals surface area contributed by atoms with Gasteiger partial charge >= 0.3 is 10.4 Å². The molecule has 0 heterocycles. The molecule has 0 unspecified atom stereocenters. The van der Waals surface area contributed by atoms with Crippen LogP contribution in [0.3, 0.4) is 0 Å². The molecule has 4 N–H and O–H groups in total. The third kappa shape index (κ3) is 5.88. The predicted octanol–water partition coefficient (Wildman–Crippen LogP) is -2.23. The van der Waals surface area contributed by atoms with E-state index in [-0.39, 0.29) is 6.29 Å². The van der Waals surface area contributed by atoms with E-state index in [1.165, 1.54) is 0 Å². The Morgan fingerprint density at radius 2 is 1.89 bits per heavy atom. The van der Waals surface area contributed by atoms with Gasteiger partial charge in [-0.1, -0.05) is 5.11 Å². The molecule has 0 saturated carbocycles. The quantitative estimate of drug-likeness (QED) is 0.126. The van der Waals surface area contributed by atoms with Crippen molar-refractivity contribution in [2.75, 3.05) is 6.61 Å². The van der Waals surface area contributed by atoms with Crippen molar-refractivity contribution >= 4 is 16.7 Å². The highest BCUT2D eigenvalue weighted by Gasteiger charge is 2.31. The van der Waals surface area contributed by atoms with Gasteiger partial charge in [-0.3, -0.25) is 4.55 Å². The zero-order valence-electron chi connectivity index (χ0n) is 8.77. The first-order valence-electron chi connectivity index (χ1n) is 4.38. The molecular weight excluding hydrogens is 274 g/mol. The highest BCUT2D eigenvalue weighted by Crippen LogP contribution is 2.08. The lowest BCUT2D eigenvalue weighted by atomic mass is 10.0. The van der Waals surface area contributed by atoms with Crippen LogP contribution in [0.2, 0.25) is 0 Å². The summed E-state index contributed by atoms with van der Waals surface area (Å²) in [6, 6.07) is -1.66. The van der Waals surface area contributed by atoms with E-state index in [9.17, 15) is 28.5 Å². The van der Waals surface area contributed by atoms with Gasteiger partial charge in [-0.25, -0.2) is 4.18 Å². The molecule has 12 heteroatoms. The van der Waals surface area contributed by atoms with Gasteiger partial charge in [0, 0.05) is 4.91 Å². The smallest absolute Gasteiger partial charge is 0.389 e. The van der Waals surface area contributed by atoms with Gasteiger partial charge in [0.15, 0.2) is 0 Å². The third-order valence-electron chi connectivity index (χ3n) is 1.81. The number of hydrogen-bond acceptors (Lipinski definition) is 8. The van der Waals surface area contributed by atoms with Crippen molar-refractivity contribution < 1.29 is 37.3 Å². The van der Waals surface area contributed by atoms with Crippen LogP contribution in [0, 0.1) is 0 Å². The number of aliphatic hydroxyl groups is 3. The minimum absolute atomic E-state index is 0.0317. The topological polar surface area (TPSA) is 190 Å². The minimum atomic E-state index is -4.82. The van der Waals surface area contributed by atoms with Crippen LogP contribution in [0.1, 0.15) is 0 Å². The molecule has 0 aromatic rings. The van der Waals surface area contributed by atoms with Crippen molar-refractivity contribution in [3.63, 3.8) is 0 Å². The van der Waals surface area contributed by atoms with E-state index in [1.807, 2.05) is 0 Å². The van der Waals surface area contributed by atoms with Gasteiger partial charge in [-0.05, 0) is 5.53 Å². The number of carbonyl (C=O) groups excluding carboxylic acids is 1. The maximum absolute atomic E-state index is 10.4. The molecular formula is C6H11N3O8S. The van der Waals surface area contributed by atoms with Crippen LogP contribution in [0.25, 0.3) is 10.4 Å². The number of aliphatic hydroxyl groups excluding tert-OH is 3.